The van der Waals surface area contributed by atoms with Crippen LogP contribution in [0.1, 0.15) is 64.3 Å². The Morgan fingerprint density at radius 3 is 2.39 bits per heavy atom. The molecular formula is C38H46N8O6S2. The SMILES string of the molecule is COC(=O)N[C@H](C(=O)N1CC=CC1c1nc2ccc(-c3cc4sc(-c5cnc(C6CCCN6C(=O)[C@@H](NC(O)OC)C(C)C)[nH]5)cc4s3)cc2[nH]1)C(C)C. The van der Waals surface area contributed by atoms with Crippen molar-refractivity contribution in [2.45, 2.75) is 71.1 Å². The molecular weight excluding hydrogens is 729 g/mol. The molecule has 54 heavy (non-hydrogen) atoms. The second-order valence-electron chi connectivity index (χ2n) is 14.4. The molecule has 7 rings (SSSR count). The van der Waals surface area contributed by atoms with Crippen molar-refractivity contribution in [3.63, 3.8) is 0 Å². The standard InChI is InChI=1S/C38H46N8O6S2/c1-19(2)31(43-37(49)51-5)35(47)45-13-7-9-25(45)33-39-18-24(42-33)28-17-30-29(54-28)16-27(53-30)21-11-12-22-23(15-21)41-34(40-22)26-10-8-14-46(26)36(48)32(20(3)4)44-38(50)52-6/h8,10-12,15-20,25-26,31-32,37,43,49H,7,9,13-14H2,1-6H3,(H,39,42)(H,40,41)(H,44,50)/t25?,26?,31-,32-,37?/m0/s1. The number of benzene rings is 1. The van der Waals surface area contributed by atoms with Crippen molar-refractivity contribution < 1.29 is 29.0 Å². The summed E-state index contributed by atoms with van der Waals surface area (Å²) in [6.45, 7) is 8.71. The quantitative estimate of drug-likeness (QED) is 0.0761. The van der Waals surface area contributed by atoms with Crippen molar-refractivity contribution in [2.24, 2.45) is 11.8 Å². The van der Waals surface area contributed by atoms with Crippen molar-refractivity contribution in [1.82, 2.24) is 40.4 Å². The number of nitrogens with one attached hydrogen (secondary N) is 4. The molecule has 14 nitrogen and oxygen atoms in total. The van der Waals surface area contributed by atoms with E-state index in [2.05, 4.69) is 44.9 Å². The molecule has 16 heteroatoms. The molecule has 5 atom stereocenters. The van der Waals surface area contributed by atoms with Gasteiger partial charge < -0.3 is 39.7 Å². The third-order valence-electron chi connectivity index (χ3n) is 10.1. The lowest BCUT2D eigenvalue weighted by Gasteiger charge is -2.31. The molecule has 1 saturated heterocycles. The van der Waals surface area contributed by atoms with Crippen LogP contribution in [-0.2, 0) is 19.1 Å². The minimum atomic E-state index is -1.22. The number of carbonyl (C=O) groups is 3. The molecule has 5 aromatic rings. The predicted octanol–water partition coefficient (Wildman–Crippen LogP) is 5.92. The molecule has 1 fully saturated rings. The maximum atomic E-state index is 13.6. The van der Waals surface area contributed by atoms with Crippen LogP contribution in [-0.4, -0.2) is 98.6 Å². The van der Waals surface area contributed by atoms with Crippen LogP contribution >= 0.6 is 22.7 Å². The van der Waals surface area contributed by atoms with Gasteiger partial charge in [-0.25, -0.2) is 14.8 Å². The number of thiophene rings is 2. The summed E-state index contributed by atoms with van der Waals surface area (Å²) in [7, 11) is 2.67. The van der Waals surface area contributed by atoms with Gasteiger partial charge in [-0.05, 0) is 54.5 Å². The maximum Gasteiger partial charge on any atom is 0.407 e. The Morgan fingerprint density at radius 2 is 1.67 bits per heavy atom. The van der Waals surface area contributed by atoms with Gasteiger partial charge in [-0.1, -0.05) is 45.9 Å². The number of aliphatic hydroxyl groups excluding tert-OH is 1. The summed E-state index contributed by atoms with van der Waals surface area (Å²) in [5.74, 6) is 0.971. The van der Waals surface area contributed by atoms with E-state index in [0.717, 1.165) is 60.1 Å². The number of amides is 3. The number of imidazole rings is 2. The normalized spacial score (nSPS) is 19.1. The van der Waals surface area contributed by atoms with E-state index in [1.54, 1.807) is 27.6 Å². The number of alkyl carbamates (subject to hydrolysis) is 1. The summed E-state index contributed by atoms with van der Waals surface area (Å²) < 4.78 is 12.0. The van der Waals surface area contributed by atoms with Crippen molar-refractivity contribution >= 4 is 61.0 Å². The highest BCUT2D eigenvalue weighted by Crippen LogP contribution is 2.42. The molecule has 6 heterocycles. The summed E-state index contributed by atoms with van der Waals surface area (Å²) in [5.41, 5.74) is 3.65. The average molecular weight is 775 g/mol. The van der Waals surface area contributed by atoms with E-state index in [1.807, 2.05) is 57.0 Å². The van der Waals surface area contributed by atoms with Crippen molar-refractivity contribution in [3.05, 3.63) is 60.3 Å². The fourth-order valence-corrected chi connectivity index (χ4v) is 9.55. The molecule has 0 bridgehead atoms. The first-order valence-electron chi connectivity index (χ1n) is 18.1. The number of aromatic amines is 2. The zero-order chi connectivity index (χ0) is 38.3. The number of hydrogen-bond acceptors (Lipinski definition) is 11. The number of methoxy groups -OCH3 is 2. The topological polar surface area (TPSA) is 178 Å². The highest BCUT2D eigenvalue weighted by atomic mass is 32.1. The van der Waals surface area contributed by atoms with Gasteiger partial charge >= 0.3 is 6.09 Å². The Labute approximate surface area is 321 Å². The first kappa shape index (κ1) is 37.7. The number of ether oxygens (including phenoxy) is 2. The van der Waals surface area contributed by atoms with E-state index in [9.17, 15) is 19.5 Å². The van der Waals surface area contributed by atoms with Gasteiger partial charge in [0.1, 0.15) is 23.7 Å². The van der Waals surface area contributed by atoms with Crippen LogP contribution in [0.3, 0.4) is 0 Å². The smallest absolute Gasteiger partial charge is 0.407 e. The number of carbonyl (C=O) groups excluding carboxylic acids is 3. The van der Waals surface area contributed by atoms with E-state index >= 15 is 0 Å². The molecule has 5 N–H and O–H groups in total. The van der Waals surface area contributed by atoms with Crippen molar-refractivity contribution in [1.29, 1.82) is 0 Å². The van der Waals surface area contributed by atoms with Gasteiger partial charge in [-0.15, -0.1) is 22.7 Å². The zero-order valence-electron chi connectivity index (χ0n) is 31.1. The first-order chi connectivity index (χ1) is 25.9. The van der Waals surface area contributed by atoms with Gasteiger partial charge in [0.25, 0.3) is 0 Å². The largest absolute Gasteiger partial charge is 0.453 e. The fraction of sp³-hybridized carbons (Fsp3) is 0.447. The van der Waals surface area contributed by atoms with Gasteiger partial charge in [0.15, 0.2) is 0 Å². The summed E-state index contributed by atoms with van der Waals surface area (Å²) in [4.78, 5) is 61.4. The third-order valence-corrected chi connectivity index (χ3v) is 12.5. The lowest BCUT2D eigenvalue weighted by molar-refractivity contribution is -0.145. The molecule has 2 aliphatic heterocycles. The van der Waals surface area contributed by atoms with Crippen LogP contribution in [0.4, 0.5) is 4.79 Å². The van der Waals surface area contributed by atoms with Crippen LogP contribution in [0.2, 0.25) is 0 Å². The second kappa shape index (κ2) is 15.6. The van der Waals surface area contributed by atoms with Gasteiger partial charge in [0.2, 0.25) is 18.2 Å². The molecule has 4 aromatic heterocycles. The minimum Gasteiger partial charge on any atom is -0.453 e. The summed E-state index contributed by atoms with van der Waals surface area (Å²) in [6, 6.07) is 8.66. The Morgan fingerprint density at radius 1 is 0.944 bits per heavy atom. The molecule has 286 valence electrons. The Balaban J connectivity index is 1.06. The number of rotatable bonds is 12. The Kier molecular flexibility index (Phi) is 10.9. The number of nitrogens with zero attached hydrogens (tertiary/aromatic N) is 4. The maximum absolute atomic E-state index is 13.6. The molecule has 3 amide bonds. The number of aromatic nitrogens is 4. The van der Waals surface area contributed by atoms with E-state index < -0.39 is 24.6 Å². The van der Waals surface area contributed by atoms with Crippen molar-refractivity contribution in [3.8, 4) is 21.0 Å². The molecule has 0 aliphatic carbocycles. The minimum absolute atomic E-state index is 0.0436. The molecule has 0 radical (unpaired) electrons. The summed E-state index contributed by atoms with van der Waals surface area (Å²) in [6.07, 6.45) is 5.56. The van der Waals surface area contributed by atoms with Crippen LogP contribution in [0, 0.1) is 11.8 Å². The second-order valence-corrected chi connectivity index (χ2v) is 16.5. The van der Waals surface area contributed by atoms with Crippen LogP contribution < -0.4 is 10.6 Å². The van der Waals surface area contributed by atoms with Crippen LogP contribution in [0.25, 0.3) is 41.4 Å². The number of fused-ring (bicyclic) bond motifs is 2. The number of H-pyrrole nitrogens is 2. The summed E-state index contributed by atoms with van der Waals surface area (Å²) in [5, 5.41) is 15.6. The van der Waals surface area contributed by atoms with Crippen LogP contribution in [0.5, 0.6) is 0 Å². The Hall–Kier alpha value is -4.61. The Bertz CT molecular complexity index is 2150. The van der Waals surface area contributed by atoms with Crippen LogP contribution in [0.15, 0.2) is 48.7 Å². The van der Waals surface area contributed by atoms with Gasteiger partial charge in [-0.3, -0.25) is 14.9 Å². The third kappa shape index (κ3) is 7.40. The monoisotopic (exact) mass is 774 g/mol. The predicted molar refractivity (Wildman–Crippen MR) is 209 cm³/mol. The van der Waals surface area contributed by atoms with Gasteiger partial charge in [-0.2, -0.15) is 0 Å². The van der Waals surface area contributed by atoms with E-state index in [4.69, 9.17) is 19.4 Å². The first-order valence-corrected chi connectivity index (χ1v) is 19.8. The highest BCUT2D eigenvalue weighted by molar-refractivity contribution is 7.31. The van der Waals surface area contributed by atoms with Gasteiger partial charge in [0.05, 0.1) is 47.0 Å². The van der Waals surface area contributed by atoms with E-state index in [1.165, 1.54) is 14.2 Å². The van der Waals surface area contributed by atoms with E-state index in [0.29, 0.717) is 18.9 Å². The van der Waals surface area contributed by atoms with Gasteiger partial charge in [0, 0.05) is 34.5 Å². The highest BCUT2D eigenvalue weighted by Gasteiger charge is 2.38. The number of hydrogen-bond donors (Lipinski definition) is 5. The summed E-state index contributed by atoms with van der Waals surface area (Å²) >= 11 is 3.41. The lowest BCUT2D eigenvalue weighted by Crippen LogP contribution is -2.52. The zero-order valence-corrected chi connectivity index (χ0v) is 32.7. The molecule has 1 aromatic carbocycles. The number of likely N-dealkylation sites (tertiary alicyclic amines) is 1. The molecule has 3 unspecified atom stereocenters. The van der Waals surface area contributed by atoms with Crippen molar-refractivity contribution in [2.75, 3.05) is 27.3 Å². The average Bonchev–Trinajstić information content (AvgIpc) is 3.99. The fourth-order valence-electron chi connectivity index (χ4n) is 7.19. The molecule has 0 saturated carbocycles. The molecule has 2 aliphatic rings. The molecule has 0 spiro atoms. The lowest BCUT2D eigenvalue weighted by atomic mass is 10.0. The van der Waals surface area contributed by atoms with E-state index in [-0.39, 0.29) is 35.7 Å². The number of aliphatic hydroxyl groups is 1.